The highest BCUT2D eigenvalue weighted by Gasteiger charge is 2.11. The first-order valence-electron chi connectivity index (χ1n) is 7.74. The molecule has 0 aliphatic heterocycles. The molecule has 0 rings (SSSR count). The molecular weight excluding hydrogens is 192 g/mol. The van der Waals surface area contributed by atoms with Crippen LogP contribution in [0.2, 0.25) is 0 Å². The van der Waals surface area contributed by atoms with Gasteiger partial charge in [-0.3, -0.25) is 0 Å². The fourth-order valence-electron chi connectivity index (χ4n) is 2.83. The summed E-state index contributed by atoms with van der Waals surface area (Å²) in [6.07, 6.45) is 14.3. The fraction of sp³-hybridized carbons (Fsp3) is 1.00. The van der Waals surface area contributed by atoms with Crippen molar-refractivity contribution in [1.29, 1.82) is 0 Å². The van der Waals surface area contributed by atoms with Crippen LogP contribution in [-0.2, 0) is 0 Å². The molecule has 0 spiro atoms. The number of unbranched alkanes of at least 4 members (excludes halogenated alkanes) is 3. The van der Waals surface area contributed by atoms with E-state index in [-0.39, 0.29) is 0 Å². The third-order valence-corrected chi connectivity index (χ3v) is 3.68. The second-order valence-electron chi connectivity index (χ2n) is 5.63. The summed E-state index contributed by atoms with van der Waals surface area (Å²) in [4.78, 5) is 0. The van der Waals surface area contributed by atoms with Gasteiger partial charge in [0, 0.05) is 0 Å². The van der Waals surface area contributed by atoms with Gasteiger partial charge in [0.2, 0.25) is 0 Å². The van der Waals surface area contributed by atoms with Gasteiger partial charge < -0.3 is 0 Å². The molecule has 0 aliphatic rings. The first kappa shape index (κ1) is 16.0. The van der Waals surface area contributed by atoms with Crippen LogP contribution < -0.4 is 0 Å². The Balaban J connectivity index is 3.68. The van der Waals surface area contributed by atoms with Crippen molar-refractivity contribution in [2.24, 2.45) is 11.8 Å². The van der Waals surface area contributed by atoms with Crippen LogP contribution in [-0.4, -0.2) is 0 Å². The van der Waals surface area contributed by atoms with Gasteiger partial charge >= 0.3 is 0 Å². The Morgan fingerprint density at radius 2 is 1.38 bits per heavy atom. The fourth-order valence-corrected chi connectivity index (χ4v) is 2.83. The Labute approximate surface area is 104 Å². The zero-order valence-corrected chi connectivity index (χ0v) is 12.2. The van der Waals surface area contributed by atoms with E-state index in [1.165, 1.54) is 64.2 Å². The molecule has 0 radical (unpaired) electrons. The van der Waals surface area contributed by atoms with Crippen molar-refractivity contribution < 1.29 is 0 Å². The molecule has 0 saturated heterocycles. The Morgan fingerprint density at radius 1 is 0.688 bits per heavy atom. The minimum atomic E-state index is 0.952. The van der Waals surface area contributed by atoms with Gasteiger partial charge in [-0.2, -0.15) is 0 Å². The minimum absolute atomic E-state index is 0.952. The quantitative estimate of drug-likeness (QED) is 0.368. The molecule has 0 amide bonds. The van der Waals surface area contributed by atoms with Crippen LogP contribution in [0, 0.1) is 11.8 Å². The number of rotatable bonds is 11. The zero-order valence-electron chi connectivity index (χ0n) is 12.2. The first-order chi connectivity index (χ1) is 7.74. The summed E-state index contributed by atoms with van der Waals surface area (Å²) < 4.78 is 0. The monoisotopic (exact) mass is 226 g/mol. The van der Waals surface area contributed by atoms with Crippen molar-refractivity contribution in [3.05, 3.63) is 0 Å². The highest BCUT2D eigenvalue weighted by Crippen LogP contribution is 2.25. The average molecular weight is 226 g/mol. The SMILES string of the molecule is CCCCCCC(CCC)CC(C)CCC. The Bertz CT molecular complexity index is 128. The van der Waals surface area contributed by atoms with Gasteiger partial charge in [0.15, 0.2) is 0 Å². The molecular formula is C16H34. The average Bonchev–Trinajstić information content (AvgIpc) is 2.25. The van der Waals surface area contributed by atoms with Gasteiger partial charge in [0.05, 0.1) is 0 Å². The lowest BCUT2D eigenvalue weighted by Gasteiger charge is -2.20. The van der Waals surface area contributed by atoms with Crippen molar-refractivity contribution in [2.45, 2.75) is 91.9 Å². The predicted octanol–water partition coefficient (Wildman–Crippen LogP) is 6.20. The van der Waals surface area contributed by atoms with E-state index in [0.29, 0.717) is 0 Å². The summed E-state index contributed by atoms with van der Waals surface area (Å²) in [5.41, 5.74) is 0. The molecule has 0 saturated carbocycles. The van der Waals surface area contributed by atoms with Crippen LogP contribution in [0.15, 0.2) is 0 Å². The minimum Gasteiger partial charge on any atom is -0.0654 e. The summed E-state index contributed by atoms with van der Waals surface area (Å²) >= 11 is 0. The Kier molecular flexibility index (Phi) is 11.5. The van der Waals surface area contributed by atoms with E-state index in [2.05, 4.69) is 27.7 Å². The third-order valence-electron chi connectivity index (χ3n) is 3.68. The van der Waals surface area contributed by atoms with Gasteiger partial charge in [-0.1, -0.05) is 85.5 Å². The molecule has 16 heavy (non-hydrogen) atoms. The lowest BCUT2D eigenvalue weighted by Crippen LogP contribution is -2.06. The molecule has 0 aromatic carbocycles. The smallest absolute Gasteiger partial charge is 0.0412 e. The van der Waals surface area contributed by atoms with Gasteiger partial charge in [-0.05, 0) is 18.3 Å². The number of hydrogen-bond donors (Lipinski definition) is 0. The van der Waals surface area contributed by atoms with E-state index >= 15 is 0 Å². The van der Waals surface area contributed by atoms with E-state index < -0.39 is 0 Å². The van der Waals surface area contributed by atoms with E-state index in [1.807, 2.05) is 0 Å². The molecule has 0 aromatic rings. The summed E-state index contributed by atoms with van der Waals surface area (Å²) in [6, 6.07) is 0. The normalized spacial score (nSPS) is 15.0. The molecule has 0 nitrogen and oxygen atoms in total. The van der Waals surface area contributed by atoms with Crippen molar-refractivity contribution in [3.8, 4) is 0 Å². The first-order valence-corrected chi connectivity index (χ1v) is 7.74. The summed E-state index contributed by atoms with van der Waals surface area (Å²) in [5, 5.41) is 0. The maximum Gasteiger partial charge on any atom is -0.0412 e. The van der Waals surface area contributed by atoms with E-state index in [9.17, 15) is 0 Å². The van der Waals surface area contributed by atoms with Crippen molar-refractivity contribution in [3.63, 3.8) is 0 Å². The largest absolute Gasteiger partial charge is 0.0654 e. The van der Waals surface area contributed by atoms with E-state index in [4.69, 9.17) is 0 Å². The van der Waals surface area contributed by atoms with Gasteiger partial charge in [-0.25, -0.2) is 0 Å². The molecule has 0 heteroatoms. The maximum absolute atomic E-state index is 2.44. The molecule has 0 fully saturated rings. The van der Waals surface area contributed by atoms with Crippen LogP contribution in [0.4, 0.5) is 0 Å². The molecule has 0 aliphatic carbocycles. The Morgan fingerprint density at radius 3 is 1.94 bits per heavy atom. The maximum atomic E-state index is 2.44. The number of hydrogen-bond acceptors (Lipinski definition) is 0. The standard InChI is InChI=1S/C16H34/c1-5-8-9-10-13-16(12-7-3)14-15(4)11-6-2/h15-16H,5-14H2,1-4H3. The molecule has 98 valence electrons. The highest BCUT2D eigenvalue weighted by atomic mass is 14.2. The van der Waals surface area contributed by atoms with Crippen molar-refractivity contribution in [1.82, 2.24) is 0 Å². The van der Waals surface area contributed by atoms with E-state index in [1.54, 1.807) is 0 Å². The summed E-state index contributed by atoms with van der Waals surface area (Å²) in [6.45, 7) is 9.39. The second kappa shape index (κ2) is 11.5. The van der Waals surface area contributed by atoms with Crippen LogP contribution in [0.25, 0.3) is 0 Å². The second-order valence-corrected chi connectivity index (χ2v) is 5.63. The van der Waals surface area contributed by atoms with Crippen molar-refractivity contribution in [2.75, 3.05) is 0 Å². The zero-order chi connectivity index (χ0) is 12.2. The molecule has 0 N–H and O–H groups in total. The Hall–Kier alpha value is 0. The van der Waals surface area contributed by atoms with Crippen LogP contribution in [0.1, 0.15) is 91.9 Å². The topological polar surface area (TPSA) is 0 Å². The third kappa shape index (κ3) is 9.24. The lowest BCUT2D eigenvalue weighted by molar-refractivity contribution is 0.324. The summed E-state index contributed by atoms with van der Waals surface area (Å²) in [7, 11) is 0. The van der Waals surface area contributed by atoms with Crippen molar-refractivity contribution >= 4 is 0 Å². The summed E-state index contributed by atoms with van der Waals surface area (Å²) in [5.74, 6) is 1.97. The van der Waals surface area contributed by atoms with Gasteiger partial charge in [-0.15, -0.1) is 0 Å². The van der Waals surface area contributed by atoms with Crippen LogP contribution in [0.5, 0.6) is 0 Å². The molecule has 0 aromatic heterocycles. The van der Waals surface area contributed by atoms with Crippen LogP contribution in [0.3, 0.4) is 0 Å². The molecule has 2 atom stereocenters. The van der Waals surface area contributed by atoms with Crippen LogP contribution >= 0.6 is 0 Å². The predicted molar refractivity (Wildman–Crippen MR) is 75.8 cm³/mol. The molecule has 2 unspecified atom stereocenters. The highest BCUT2D eigenvalue weighted by molar-refractivity contribution is 4.64. The van der Waals surface area contributed by atoms with Gasteiger partial charge in [0.25, 0.3) is 0 Å². The lowest BCUT2D eigenvalue weighted by atomic mass is 9.86. The van der Waals surface area contributed by atoms with E-state index in [0.717, 1.165) is 11.8 Å². The van der Waals surface area contributed by atoms with Gasteiger partial charge in [0.1, 0.15) is 0 Å². The molecule has 0 heterocycles. The molecule has 0 bridgehead atoms.